The van der Waals surface area contributed by atoms with Crippen LogP contribution in [0, 0.1) is 29.5 Å². The van der Waals surface area contributed by atoms with Crippen LogP contribution < -0.4 is 10.5 Å². The Balaban J connectivity index is 2.14. The maximum absolute atomic E-state index is 13.9. The molecule has 0 spiro atoms. The van der Waals surface area contributed by atoms with Crippen LogP contribution in [0.2, 0.25) is 0 Å². The van der Waals surface area contributed by atoms with E-state index >= 15 is 0 Å². The molecule has 20 heavy (non-hydrogen) atoms. The van der Waals surface area contributed by atoms with Gasteiger partial charge < -0.3 is 5.73 Å². The van der Waals surface area contributed by atoms with Gasteiger partial charge in [-0.3, -0.25) is 0 Å². The first-order chi connectivity index (χ1) is 9.44. The normalized spacial score (nSPS) is 21.1. The number of sulfonamides is 1. The molecule has 1 aliphatic rings. The summed E-state index contributed by atoms with van der Waals surface area (Å²) in [5.41, 5.74) is 5.63. The fourth-order valence-electron chi connectivity index (χ4n) is 1.93. The molecule has 1 aromatic rings. The van der Waals surface area contributed by atoms with Gasteiger partial charge in [-0.05, 0) is 36.5 Å². The highest BCUT2D eigenvalue weighted by atomic mass is 32.2. The summed E-state index contributed by atoms with van der Waals surface area (Å²) >= 11 is 0. The summed E-state index contributed by atoms with van der Waals surface area (Å²) in [5, 5.41) is 0. The molecule has 0 heterocycles. The van der Waals surface area contributed by atoms with Crippen molar-refractivity contribution >= 4 is 10.0 Å². The minimum absolute atomic E-state index is 0.169. The van der Waals surface area contributed by atoms with Crippen LogP contribution in [0.5, 0.6) is 0 Å². The highest BCUT2D eigenvalue weighted by molar-refractivity contribution is 7.89. The second kappa shape index (κ2) is 5.92. The van der Waals surface area contributed by atoms with Crippen LogP contribution in [0.3, 0.4) is 0 Å². The third kappa shape index (κ3) is 3.57. The molecule has 108 valence electrons. The predicted molar refractivity (Wildman–Crippen MR) is 74.8 cm³/mol. The summed E-state index contributed by atoms with van der Waals surface area (Å²) < 4.78 is 40.3. The fourth-order valence-corrected chi connectivity index (χ4v) is 3.08. The van der Waals surface area contributed by atoms with E-state index in [9.17, 15) is 12.8 Å². The van der Waals surface area contributed by atoms with Gasteiger partial charge in [-0.25, -0.2) is 17.5 Å². The second-order valence-corrected chi connectivity index (χ2v) is 6.71. The first kappa shape index (κ1) is 15.0. The molecule has 0 radical (unpaired) electrons. The first-order valence-corrected chi connectivity index (χ1v) is 7.90. The average Bonchev–Trinajstić information content (AvgIpc) is 3.10. The molecule has 1 aliphatic carbocycles. The summed E-state index contributed by atoms with van der Waals surface area (Å²) in [6.45, 7) is 2.59. The van der Waals surface area contributed by atoms with Crippen LogP contribution in [0.1, 0.15) is 18.9 Å². The van der Waals surface area contributed by atoms with Crippen molar-refractivity contribution in [2.75, 3.05) is 13.1 Å². The van der Waals surface area contributed by atoms with Gasteiger partial charge in [0.2, 0.25) is 10.0 Å². The standard InChI is InChI=1S/C14H17FN2O2S/c1-10-7-12(10)9-17-20(18,19)14-5-4-11(3-2-6-16)8-13(14)15/h4-5,8,10,12,17H,6-7,9,16H2,1H3. The van der Waals surface area contributed by atoms with E-state index in [-0.39, 0.29) is 11.4 Å². The third-order valence-corrected chi connectivity index (χ3v) is 4.82. The van der Waals surface area contributed by atoms with E-state index in [1.54, 1.807) is 0 Å². The highest BCUT2D eigenvalue weighted by Gasteiger charge is 2.33. The van der Waals surface area contributed by atoms with Crippen LogP contribution in [0.4, 0.5) is 4.39 Å². The summed E-state index contributed by atoms with van der Waals surface area (Å²) in [4.78, 5) is -0.343. The zero-order valence-electron chi connectivity index (χ0n) is 11.2. The number of nitrogens with two attached hydrogens (primary N) is 1. The molecule has 6 heteroatoms. The zero-order valence-corrected chi connectivity index (χ0v) is 12.0. The van der Waals surface area contributed by atoms with Crippen molar-refractivity contribution in [2.45, 2.75) is 18.2 Å². The molecule has 3 N–H and O–H groups in total. The molecule has 2 rings (SSSR count). The van der Waals surface area contributed by atoms with Gasteiger partial charge in [0.1, 0.15) is 10.7 Å². The highest BCUT2D eigenvalue weighted by Crippen LogP contribution is 2.37. The Morgan fingerprint density at radius 1 is 1.50 bits per heavy atom. The van der Waals surface area contributed by atoms with E-state index in [0.717, 1.165) is 12.5 Å². The largest absolute Gasteiger partial charge is 0.320 e. The van der Waals surface area contributed by atoms with E-state index in [2.05, 4.69) is 23.5 Å². The van der Waals surface area contributed by atoms with E-state index in [4.69, 9.17) is 5.73 Å². The number of hydrogen-bond acceptors (Lipinski definition) is 3. The SMILES string of the molecule is CC1CC1CNS(=O)(=O)c1ccc(C#CCN)cc1F. The zero-order chi connectivity index (χ0) is 14.8. The molecule has 0 saturated heterocycles. The van der Waals surface area contributed by atoms with E-state index in [0.29, 0.717) is 23.9 Å². The first-order valence-electron chi connectivity index (χ1n) is 6.42. The Kier molecular flexibility index (Phi) is 4.43. The second-order valence-electron chi connectivity index (χ2n) is 4.98. The van der Waals surface area contributed by atoms with Crippen molar-refractivity contribution in [2.24, 2.45) is 17.6 Å². The van der Waals surface area contributed by atoms with Crippen molar-refractivity contribution in [3.8, 4) is 11.8 Å². The van der Waals surface area contributed by atoms with Crippen LogP contribution in [0.15, 0.2) is 23.1 Å². The summed E-state index contributed by atoms with van der Waals surface area (Å²) in [6, 6.07) is 3.81. The summed E-state index contributed by atoms with van der Waals surface area (Å²) in [5.74, 6) is 5.35. The van der Waals surface area contributed by atoms with E-state index in [1.165, 1.54) is 12.1 Å². The van der Waals surface area contributed by atoms with Crippen LogP contribution >= 0.6 is 0 Å². The molecule has 1 fully saturated rings. The molecule has 0 bridgehead atoms. The number of benzene rings is 1. The third-order valence-electron chi connectivity index (χ3n) is 3.37. The van der Waals surface area contributed by atoms with Gasteiger partial charge in [0, 0.05) is 12.1 Å². The lowest BCUT2D eigenvalue weighted by atomic mass is 10.2. The van der Waals surface area contributed by atoms with Crippen molar-refractivity contribution in [1.82, 2.24) is 4.72 Å². The molecule has 4 nitrogen and oxygen atoms in total. The van der Waals surface area contributed by atoms with Gasteiger partial charge in [0.15, 0.2) is 0 Å². The number of halogens is 1. The molecule has 1 saturated carbocycles. The number of rotatable bonds is 4. The Morgan fingerprint density at radius 2 is 2.20 bits per heavy atom. The predicted octanol–water partition coefficient (Wildman–Crippen LogP) is 1.07. The lowest BCUT2D eigenvalue weighted by molar-refractivity contribution is 0.552. The molecule has 2 unspecified atom stereocenters. The van der Waals surface area contributed by atoms with Crippen molar-refractivity contribution in [3.63, 3.8) is 0 Å². The Hall–Kier alpha value is -1.42. The van der Waals surface area contributed by atoms with Gasteiger partial charge >= 0.3 is 0 Å². The van der Waals surface area contributed by atoms with Gasteiger partial charge in [0.25, 0.3) is 0 Å². The summed E-state index contributed by atoms with van der Waals surface area (Å²) in [6.07, 6.45) is 1.01. The smallest absolute Gasteiger partial charge is 0.243 e. The monoisotopic (exact) mass is 296 g/mol. The molecule has 2 atom stereocenters. The van der Waals surface area contributed by atoms with Gasteiger partial charge in [-0.2, -0.15) is 0 Å². The van der Waals surface area contributed by atoms with Gasteiger partial charge in [0.05, 0.1) is 6.54 Å². The topological polar surface area (TPSA) is 72.2 Å². The Bertz CT molecular complexity index is 661. The number of nitrogens with one attached hydrogen (secondary N) is 1. The van der Waals surface area contributed by atoms with Crippen molar-refractivity contribution in [3.05, 3.63) is 29.6 Å². The van der Waals surface area contributed by atoms with Crippen LogP contribution in [-0.2, 0) is 10.0 Å². The van der Waals surface area contributed by atoms with Crippen LogP contribution in [-0.4, -0.2) is 21.5 Å². The minimum atomic E-state index is -3.80. The minimum Gasteiger partial charge on any atom is -0.320 e. The van der Waals surface area contributed by atoms with Crippen molar-refractivity contribution in [1.29, 1.82) is 0 Å². The average molecular weight is 296 g/mol. The molecule has 0 amide bonds. The maximum atomic E-state index is 13.9. The molecular formula is C14H17FN2O2S. The maximum Gasteiger partial charge on any atom is 0.243 e. The van der Waals surface area contributed by atoms with Crippen molar-refractivity contribution < 1.29 is 12.8 Å². The molecule has 0 aliphatic heterocycles. The van der Waals surface area contributed by atoms with Gasteiger partial charge in [-0.15, -0.1) is 0 Å². The molecule has 0 aromatic heterocycles. The summed E-state index contributed by atoms with van der Waals surface area (Å²) in [7, 11) is -3.80. The Labute approximate surface area is 118 Å². The quantitative estimate of drug-likeness (QED) is 0.816. The number of hydrogen-bond donors (Lipinski definition) is 2. The lowest BCUT2D eigenvalue weighted by Gasteiger charge is -2.07. The molecule has 1 aromatic carbocycles. The fraction of sp³-hybridized carbons (Fsp3) is 0.429. The molecular weight excluding hydrogens is 279 g/mol. The van der Waals surface area contributed by atoms with Crippen LogP contribution in [0.25, 0.3) is 0 Å². The van der Waals surface area contributed by atoms with E-state index in [1.807, 2.05) is 0 Å². The van der Waals surface area contributed by atoms with E-state index < -0.39 is 15.8 Å². The van der Waals surface area contributed by atoms with Gasteiger partial charge in [-0.1, -0.05) is 18.8 Å². The Morgan fingerprint density at radius 3 is 2.75 bits per heavy atom. The lowest BCUT2D eigenvalue weighted by Crippen LogP contribution is -2.27.